The van der Waals surface area contributed by atoms with Crippen molar-refractivity contribution in [3.8, 4) is 28.4 Å². The van der Waals surface area contributed by atoms with Crippen LogP contribution in [0.1, 0.15) is 18.1 Å². The maximum Gasteiger partial charge on any atom is 0.234 e. The largest absolute Gasteiger partial charge is 0.497 e. The molecule has 0 saturated heterocycles. The molecule has 4 aromatic rings. The highest BCUT2D eigenvalue weighted by Crippen LogP contribution is 2.33. The minimum Gasteiger partial charge on any atom is -0.497 e. The van der Waals surface area contributed by atoms with Gasteiger partial charge in [-0.3, -0.25) is 9.48 Å². The molecular formula is C25H28N6O2S. The smallest absolute Gasteiger partial charge is 0.234 e. The highest BCUT2D eigenvalue weighted by atomic mass is 32.2. The second-order valence-corrected chi connectivity index (χ2v) is 8.90. The van der Waals surface area contributed by atoms with E-state index < -0.39 is 0 Å². The number of carbonyl (C=O) groups is 1. The standard InChI is InChI=1S/C25H28N6O2S/c1-6-17-10-7-9-16(2)22(17)26-21(32)15-34-25-28-27-24(31(25)4)20-14-30(3)29-23(20)18-11-8-12-19(13-18)33-5/h7-14H,6,15H2,1-5H3,(H,26,32). The second kappa shape index (κ2) is 10.1. The van der Waals surface area contributed by atoms with Crippen LogP contribution in [0.5, 0.6) is 5.75 Å². The Kier molecular flexibility index (Phi) is 7.02. The molecule has 34 heavy (non-hydrogen) atoms. The van der Waals surface area contributed by atoms with Crippen LogP contribution < -0.4 is 10.1 Å². The van der Waals surface area contributed by atoms with Crippen molar-refractivity contribution in [2.75, 3.05) is 18.2 Å². The van der Waals surface area contributed by atoms with E-state index in [-0.39, 0.29) is 11.7 Å². The molecule has 0 spiro atoms. The van der Waals surface area contributed by atoms with Crippen molar-refractivity contribution in [1.29, 1.82) is 0 Å². The van der Waals surface area contributed by atoms with E-state index in [1.54, 1.807) is 11.8 Å². The number of benzene rings is 2. The molecule has 0 radical (unpaired) electrons. The monoisotopic (exact) mass is 476 g/mol. The van der Waals surface area contributed by atoms with Gasteiger partial charge in [0.1, 0.15) is 11.4 Å². The zero-order chi connectivity index (χ0) is 24.2. The summed E-state index contributed by atoms with van der Waals surface area (Å²) in [5, 5.41) is 17.1. The number of hydrogen-bond donors (Lipinski definition) is 1. The van der Waals surface area contributed by atoms with Crippen molar-refractivity contribution in [3.05, 3.63) is 59.8 Å². The van der Waals surface area contributed by atoms with Gasteiger partial charge >= 0.3 is 0 Å². The number of nitrogens with one attached hydrogen (secondary N) is 1. The van der Waals surface area contributed by atoms with E-state index in [0.29, 0.717) is 11.0 Å². The summed E-state index contributed by atoms with van der Waals surface area (Å²) >= 11 is 1.35. The van der Waals surface area contributed by atoms with Crippen LogP contribution in [0.3, 0.4) is 0 Å². The zero-order valence-electron chi connectivity index (χ0n) is 20.0. The van der Waals surface area contributed by atoms with Crippen LogP contribution >= 0.6 is 11.8 Å². The molecule has 2 aromatic carbocycles. The SMILES string of the molecule is CCc1cccc(C)c1NC(=O)CSc1nnc(-c2cn(C)nc2-c2cccc(OC)c2)n1C. The summed E-state index contributed by atoms with van der Waals surface area (Å²) in [6.07, 6.45) is 2.78. The fourth-order valence-electron chi connectivity index (χ4n) is 3.82. The zero-order valence-corrected chi connectivity index (χ0v) is 20.8. The molecule has 0 aliphatic heterocycles. The van der Waals surface area contributed by atoms with Gasteiger partial charge in [0.05, 0.1) is 18.4 Å². The molecule has 1 N–H and O–H groups in total. The van der Waals surface area contributed by atoms with Crippen molar-refractivity contribution in [2.24, 2.45) is 14.1 Å². The second-order valence-electron chi connectivity index (χ2n) is 7.96. The van der Waals surface area contributed by atoms with Crippen LogP contribution in [0.25, 0.3) is 22.6 Å². The minimum atomic E-state index is -0.0722. The predicted molar refractivity (Wildman–Crippen MR) is 135 cm³/mol. The Labute approximate surface area is 203 Å². The lowest BCUT2D eigenvalue weighted by Gasteiger charge is -2.12. The molecule has 0 saturated carbocycles. The van der Waals surface area contributed by atoms with Gasteiger partial charge < -0.3 is 14.6 Å². The minimum absolute atomic E-state index is 0.0722. The number of thioether (sulfide) groups is 1. The van der Waals surface area contributed by atoms with Crippen LogP contribution in [-0.2, 0) is 25.3 Å². The average Bonchev–Trinajstić information content (AvgIpc) is 3.40. The molecule has 1 amide bonds. The Morgan fingerprint density at radius 2 is 1.94 bits per heavy atom. The molecule has 8 nitrogen and oxygen atoms in total. The van der Waals surface area contributed by atoms with Crippen LogP contribution in [0.2, 0.25) is 0 Å². The Bertz CT molecular complexity index is 1330. The summed E-state index contributed by atoms with van der Waals surface area (Å²) in [5.74, 6) is 1.60. The summed E-state index contributed by atoms with van der Waals surface area (Å²) in [6.45, 7) is 4.09. The van der Waals surface area contributed by atoms with Gasteiger partial charge in [0.25, 0.3) is 0 Å². The van der Waals surface area contributed by atoms with Gasteiger partial charge in [-0.25, -0.2) is 0 Å². The molecule has 2 aromatic heterocycles. The number of aromatic nitrogens is 5. The van der Waals surface area contributed by atoms with Gasteiger partial charge in [-0.05, 0) is 36.6 Å². The fourth-order valence-corrected chi connectivity index (χ4v) is 4.53. The Morgan fingerprint density at radius 1 is 1.15 bits per heavy atom. The van der Waals surface area contributed by atoms with Crippen LogP contribution in [-0.4, -0.2) is 43.3 Å². The predicted octanol–water partition coefficient (Wildman–Crippen LogP) is 4.49. The first-order valence-electron chi connectivity index (χ1n) is 11.0. The summed E-state index contributed by atoms with van der Waals surface area (Å²) < 4.78 is 9.02. The third kappa shape index (κ3) is 4.84. The molecule has 4 rings (SSSR count). The first-order valence-corrected chi connectivity index (χ1v) is 12.0. The van der Waals surface area contributed by atoms with Crippen LogP contribution in [0, 0.1) is 6.92 Å². The summed E-state index contributed by atoms with van der Waals surface area (Å²) in [4.78, 5) is 12.7. The normalized spacial score (nSPS) is 11.0. The highest BCUT2D eigenvalue weighted by Gasteiger charge is 2.20. The molecule has 0 bridgehead atoms. The van der Waals surface area contributed by atoms with Gasteiger partial charge in [0.15, 0.2) is 11.0 Å². The van der Waals surface area contributed by atoms with E-state index in [4.69, 9.17) is 4.74 Å². The number of aryl methyl sites for hydroxylation is 3. The number of rotatable bonds is 8. The summed E-state index contributed by atoms with van der Waals surface area (Å²) in [6, 6.07) is 13.8. The Morgan fingerprint density at radius 3 is 2.71 bits per heavy atom. The molecule has 0 fully saturated rings. The van der Waals surface area contributed by atoms with Crippen molar-refractivity contribution in [2.45, 2.75) is 25.4 Å². The van der Waals surface area contributed by atoms with E-state index in [2.05, 4.69) is 27.5 Å². The maximum absolute atomic E-state index is 12.7. The molecule has 9 heteroatoms. The molecule has 2 heterocycles. The highest BCUT2D eigenvalue weighted by molar-refractivity contribution is 7.99. The number of amides is 1. The molecule has 0 aliphatic rings. The van der Waals surface area contributed by atoms with E-state index in [1.807, 2.05) is 74.2 Å². The van der Waals surface area contributed by atoms with Crippen LogP contribution in [0.15, 0.2) is 53.8 Å². The maximum atomic E-state index is 12.7. The van der Waals surface area contributed by atoms with Gasteiger partial charge in [0.2, 0.25) is 5.91 Å². The summed E-state index contributed by atoms with van der Waals surface area (Å²) in [7, 11) is 5.41. The Hall–Kier alpha value is -3.59. The molecular weight excluding hydrogens is 448 g/mol. The van der Waals surface area contributed by atoms with Crippen molar-refractivity contribution in [1.82, 2.24) is 24.5 Å². The van der Waals surface area contributed by atoms with Crippen LogP contribution in [0.4, 0.5) is 5.69 Å². The van der Waals surface area contributed by atoms with Gasteiger partial charge in [-0.15, -0.1) is 10.2 Å². The summed E-state index contributed by atoms with van der Waals surface area (Å²) in [5.41, 5.74) is 5.65. The topological polar surface area (TPSA) is 86.9 Å². The Balaban J connectivity index is 1.53. The fraction of sp³-hybridized carbons (Fsp3) is 0.280. The third-order valence-electron chi connectivity index (χ3n) is 5.58. The number of para-hydroxylation sites is 1. The number of anilines is 1. The molecule has 176 valence electrons. The van der Waals surface area contributed by atoms with E-state index in [9.17, 15) is 4.79 Å². The lowest BCUT2D eigenvalue weighted by Crippen LogP contribution is -2.16. The van der Waals surface area contributed by atoms with Gasteiger partial charge in [-0.1, -0.05) is 49.0 Å². The molecule has 0 aliphatic carbocycles. The van der Waals surface area contributed by atoms with Gasteiger partial charge in [-0.2, -0.15) is 5.10 Å². The first kappa shape index (κ1) is 23.6. The average molecular weight is 477 g/mol. The van der Waals surface area contributed by atoms with E-state index >= 15 is 0 Å². The first-order chi connectivity index (χ1) is 16.4. The number of methoxy groups -OCH3 is 1. The van der Waals surface area contributed by atoms with Crippen molar-refractivity contribution < 1.29 is 9.53 Å². The van der Waals surface area contributed by atoms with Crippen molar-refractivity contribution in [3.63, 3.8) is 0 Å². The number of ether oxygens (including phenoxy) is 1. The number of carbonyl (C=O) groups excluding carboxylic acids is 1. The lowest BCUT2D eigenvalue weighted by molar-refractivity contribution is -0.113. The molecule has 0 unspecified atom stereocenters. The van der Waals surface area contributed by atoms with E-state index in [1.165, 1.54) is 11.8 Å². The quantitative estimate of drug-likeness (QED) is 0.377. The molecule has 0 atom stereocenters. The van der Waals surface area contributed by atoms with Crippen molar-refractivity contribution >= 4 is 23.4 Å². The number of hydrogen-bond acceptors (Lipinski definition) is 6. The van der Waals surface area contributed by atoms with E-state index in [0.717, 1.165) is 45.8 Å². The number of nitrogens with zero attached hydrogens (tertiary/aromatic N) is 5. The van der Waals surface area contributed by atoms with Gasteiger partial charge in [0, 0.05) is 31.5 Å². The third-order valence-corrected chi connectivity index (χ3v) is 6.60. The lowest BCUT2D eigenvalue weighted by atomic mass is 10.1.